The van der Waals surface area contributed by atoms with E-state index in [2.05, 4.69) is 42.8 Å². The van der Waals surface area contributed by atoms with Crippen molar-refractivity contribution in [2.24, 2.45) is 0 Å². The zero-order valence-electron chi connectivity index (χ0n) is 18.6. The Balaban J connectivity index is 1.10. The van der Waals surface area contributed by atoms with E-state index in [-0.39, 0.29) is 12.0 Å². The summed E-state index contributed by atoms with van der Waals surface area (Å²) >= 11 is 6.12. The number of nitrogens with zero attached hydrogens (tertiary/aromatic N) is 4. The zero-order chi connectivity index (χ0) is 23.9. The van der Waals surface area contributed by atoms with Crippen molar-refractivity contribution in [2.75, 3.05) is 10.6 Å². The molecule has 6 rings (SSSR count). The molecule has 1 aromatic carbocycles. The summed E-state index contributed by atoms with van der Waals surface area (Å²) in [5.74, 6) is 0.665. The first kappa shape index (κ1) is 21.5. The van der Waals surface area contributed by atoms with Crippen LogP contribution in [0.4, 0.5) is 16.0 Å². The third kappa shape index (κ3) is 4.54. The lowest BCUT2D eigenvalue weighted by Crippen LogP contribution is -2.16. The van der Waals surface area contributed by atoms with Gasteiger partial charge in [0.15, 0.2) is 0 Å². The normalized spacial score (nSPS) is 13.4. The number of H-pyrrole nitrogens is 1. The van der Waals surface area contributed by atoms with E-state index < -0.39 is 11.7 Å². The first-order chi connectivity index (χ1) is 17.0. The van der Waals surface area contributed by atoms with E-state index in [1.54, 1.807) is 18.3 Å². The highest BCUT2D eigenvalue weighted by atomic mass is 35.5. The van der Waals surface area contributed by atoms with E-state index in [1.807, 2.05) is 16.7 Å². The van der Waals surface area contributed by atoms with Crippen LogP contribution in [0.15, 0.2) is 55.2 Å². The van der Waals surface area contributed by atoms with Crippen LogP contribution >= 0.6 is 11.6 Å². The number of benzene rings is 1. The lowest BCUT2D eigenvalue weighted by molar-refractivity contribution is -0.115. The summed E-state index contributed by atoms with van der Waals surface area (Å²) in [6.07, 6.45) is 9.45. The molecular weight excluding hydrogens is 469 g/mol. The maximum absolute atomic E-state index is 14.4. The lowest BCUT2D eigenvalue weighted by Gasteiger charge is -2.08. The van der Waals surface area contributed by atoms with Crippen LogP contribution in [0.3, 0.4) is 0 Å². The zero-order valence-corrected chi connectivity index (χ0v) is 19.3. The molecule has 1 fully saturated rings. The summed E-state index contributed by atoms with van der Waals surface area (Å²) in [6.45, 7) is 0.466. The average Bonchev–Trinajstić information content (AvgIpc) is 3.53. The highest BCUT2D eigenvalue weighted by Gasteiger charge is 2.23. The summed E-state index contributed by atoms with van der Waals surface area (Å²) in [4.78, 5) is 28.4. The fraction of sp³-hybridized carbons (Fsp3) is 0.200. The molecule has 10 heteroatoms. The number of anilines is 2. The second-order valence-electron chi connectivity index (χ2n) is 8.73. The number of halogens is 2. The summed E-state index contributed by atoms with van der Waals surface area (Å²) in [6, 6.07) is 8.73. The number of carbonyl (C=O) groups excluding carboxylic acids is 1. The molecule has 0 atom stereocenters. The molecule has 0 unspecified atom stereocenters. The highest BCUT2D eigenvalue weighted by molar-refractivity contribution is 6.35. The Morgan fingerprint density at radius 1 is 1.17 bits per heavy atom. The Morgan fingerprint density at radius 2 is 2.03 bits per heavy atom. The highest BCUT2D eigenvalue weighted by Crippen LogP contribution is 2.39. The van der Waals surface area contributed by atoms with Gasteiger partial charge in [-0.15, -0.1) is 0 Å². The molecule has 0 saturated heterocycles. The van der Waals surface area contributed by atoms with Gasteiger partial charge in [0, 0.05) is 35.6 Å². The maximum Gasteiger partial charge on any atom is 0.230 e. The number of imidazole rings is 1. The minimum absolute atomic E-state index is 0.153. The van der Waals surface area contributed by atoms with E-state index in [0.29, 0.717) is 40.0 Å². The SMILES string of the molecule is O=C(Cc1cc2c(Cl)c[nH]c2cc1F)Nc1cc(NCc2cn3cc(C4CC4)ccc3n2)ncn1. The quantitative estimate of drug-likeness (QED) is 0.296. The van der Waals surface area contributed by atoms with Gasteiger partial charge < -0.3 is 20.0 Å². The lowest BCUT2D eigenvalue weighted by atomic mass is 10.1. The molecule has 4 aromatic heterocycles. The Labute approximate surface area is 204 Å². The molecular formula is C25H21ClFN7O. The van der Waals surface area contributed by atoms with Crippen LogP contribution in [0, 0.1) is 5.82 Å². The molecule has 8 nitrogen and oxygen atoms in total. The Morgan fingerprint density at radius 3 is 2.89 bits per heavy atom. The molecule has 1 amide bonds. The molecule has 0 bridgehead atoms. The Kier molecular flexibility index (Phi) is 5.33. The van der Waals surface area contributed by atoms with Crippen LogP contribution in [0.1, 0.15) is 35.6 Å². The van der Waals surface area contributed by atoms with Crippen LogP contribution in [0.5, 0.6) is 0 Å². The van der Waals surface area contributed by atoms with E-state index >= 15 is 0 Å². The largest absolute Gasteiger partial charge is 0.364 e. The third-order valence-corrected chi connectivity index (χ3v) is 6.42. The van der Waals surface area contributed by atoms with Crippen molar-refractivity contribution in [1.82, 2.24) is 24.3 Å². The number of carbonyl (C=O) groups is 1. The fourth-order valence-corrected chi connectivity index (χ4v) is 4.37. The van der Waals surface area contributed by atoms with Gasteiger partial charge in [0.25, 0.3) is 0 Å². The third-order valence-electron chi connectivity index (χ3n) is 6.11. The van der Waals surface area contributed by atoms with Crippen molar-refractivity contribution in [3.05, 3.63) is 82.9 Å². The number of amides is 1. The molecule has 3 N–H and O–H groups in total. The van der Waals surface area contributed by atoms with E-state index in [9.17, 15) is 9.18 Å². The number of hydrogen-bond donors (Lipinski definition) is 3. The summed E-state index contributed by atoms with van der Waals surface area (Å²) in [5, 5.41) is 7.05. The second-order valence-corrected chi connectivity index (χ2v) is 9.13. The van der Waals surface area contributed by atoms with Crippen LogP contribution in [0.2, 0.25) is 5.02 Å². The van der Waals surface area contributed by atoms with Gasteiger partial charge >= 0.3 is 0 Å². The Hall–Kier alpha value is -3.98. The fourth-order valence-electron chi connectivity index (χ4n) is 4.16. The van der Waals surface area contributed by atoms with E-state index in [4.69, 9.17) is 11.6 Å². The molecule has 35 heavy (non-hydrogen) atoms. The number of pyridine rings is 1. The minimum Gasteiger partial charge on any atom is -0.364 e. The number of aromatic amines is 1. The van der Waals surface area contributed by atoms with Crippen molar-refractivity contribution in [1.29, 1.82) is 0 Å². The standard InChI is InChI=1S/C25H21ClFN7O/c26-19-10-28-21-7-20(27)16(5-18(19)21)6-25(35)33-23-8-22(30-13-31-23)29-9-17-12-34-11-15(14-1-2-14)3-4-24(34)32-17/h3-5,7-8,10-14,28H,1-2,6,9H2,(H2,29,30,31,33,35). The minimum atomic E-state index is -0.479. The maximum atomic E-state index is 14.4. The molecule has 5 aromatic rings. The second kappa shape index (κ2) is 8.66. The van der Waals surface area contributed by atoms with Crippen molar-refractivity contribution >= 4 is 45.7 Å². The van der Waals surface area contributed by atoms with E-state index in [0.717, 1.165) is 11.3 Å². The van der Waals surface area contributed by atoms with Crippen LogP contribution in [0.25, 0.3) is 16.6 Å². The van der Waals surface area contributed by atoms with Crippen molar-refractivity contribution < 1.29 is 9.18 Å². The number of nitrogens with one attached hydrogen (secondary N) is 3. The molecule has 176 valence electrons. The molecule has 1 aliphatic carbocycles. The van der Waals surface area contributed by atoms with Gasteiger partial charge in [0.1, 0.15) is 29.4 Å². The summed E-state index contributed by atoms with van der Waals surface area (Å²) in [7, 11) is 0. The predicted octanol–water partition coefficient (Wildman–Crippen LogP) is 5.07. The van der Waals surface area contributed by atoms with Crippen molar-refractivity contribution in [2.45, 2.75) is 31.7 Å². The molecule has 1 saturated carbocycles. The summed E-state index contributed by atoms with van der Waals surface area (Å²) in [5.41, 5.74) is 3.95. The monoisotopic (exact) mass is 489 g/mol. The molecule has 0 aliphatic heterocycles. The van der Waals surface area contributed by atoms with Gasteiger partial charge in [0.05, 0.1) is 23.7 Å². The van der Waals surface area contributed by atoms with Crippen LogP contribution in [-0.4, -0.2) is 30.2 Å². The van der Waals surface area contributed by atoms with Crippen LogP contribution in [-0.2, 0) is 17.8 Å². The van der Waals surface area contributed by atoms with Gasteiger partial charge in [-0.1, -0.05) is 17.7 Å². The van der Waals surface area contributed by atoms with Crippen LogP contribution < -0.4 is 10.6 Å². The smallest absolute Gasteiger partial charge is 0.230 e. The van der Waals surface area contributed by atoms with Gasteiger partial charge in [-0.05, 0) is 48.1 Å². The van der Waals surface area contributed by atoms with Crippen molar-refractivity contribution in [3.63, 3.8) is 0 Å². The molecule has 0 radical (unpaired) electrons. The predicted molar refractivity (Wildman–Crippen MR) is 132 cm³/mol. The topological polar surface area (TPSA) is 100 Å². The van der Waals surface area contributed by atoms with Gasteiger partial charge in [0.2, 0.25) is 5.91 Å². The Bertz CT molecular complexity index is 1570. The first-order valence-electron chi connectivity index (χ1n) is 11.3. The summed E-state index contributed by atoms with van der Waals surface area (Å²) < 4.78 is 16.5. The van der Waals surface area contributed by atoms with Gasteiger partial charge in [-0.3, -0.25) is 4.79 Å². The van der Waals surface area contributed by atoms with Crippen molar-refractivity contribution in [3.8, 4) is 0 Å². The number of fused-ring (bicyclic) bond motifs is 2. The molecule has 1 aliphatic rings. The van der Waals surface area contributed by atoms with E-state index in [1.165, 1.54) is 30.8 Å². The number of aromatic nitrogens is 5. The number of rotatable bonds is 7. The van der Waals surface area contributed by atoms with Gasteiger partial charge in [-0.2, -0.15) is 0 Å². The van der Waals surface area contributed by atoms with Gasteiger partial charge in [-0.25, -0.2) is 19.3 Å². The number of hydrogen-bond acceptors (Lipinski definition) is 5. The average molecular weight is 490 g/mol. The first-order valence-corrected chi connectivity index (χ1v) is 11.7. The molecule has 0 spiro atoms. The molecule has 4 heterocycles.